The molecule has 2 aliphatic rings. The standard InChI is InChI=1S/C18H32O15/c1-5-9(24)12(27)14(29)17(30-5)33-16-13(28)11(26)8(4-21)31-18(16)32-15(7(23)3-20)10(25)6(22)2-19/h2,5-18,20-29H,3-4H2,1H3/t5-,6-,7+,8+,9+,10+,11-,12+,13-,14-,15+,16+,17+,18-/m0/s1. The average molecular weight is 488 g/mol. The van der Waals surface area contributed by atoms with E-state index in [9.17, 15) is 55.9 Å². The van der Waals surface area contributed by atoms with E-state index in [-0.39, 0.29) is 6.29 Å². The minimum absolute atomic E-state index is 0.0593. The Morgan fingerprint density at radius 2 is 1.52 bits per heavy atom. The van der Waals surface area contributed by atoms with Gasteiger partial charge in [0.25, 0.3) is 0 Å². The largest absolute Gasteiger partial charge is 0.394 e. The highest BCUT2D eigenvalue weighted by Crippen LogP contribution is 2.31. The zero-order chi connectivity index (χ0) is 25.0. The quantitative estimate of drug-likeness (QED) is 0.128. The summed E-state index contributed by atoms with van der Waals surface area (Å²) in [5.41, 5.74) is 0. The van der Waals surface area contributed by atoms with E-state index in [4.69, 9.17) is 18.9 Å². The molecule has 0 radical (unpaired) electrons. The van der Waals surface area contributed by atoms with Crippen molar-refractivity contribution in [2.24, 2.45) is 0 Å². The van der Waals surface area contributed by atoms with Gasteiger partial charge < -0.3 is 74.8 Å². The molecule has 0 aromatic carbocycles. The van der Waals surface area contributed by atoms with Crippen LogP contribution in [0, 0.1) is 0 Å². The van der Waals surface area contributed by atoms with E-state index in [1.165, 1.54) is 6.92 Å². The van der Waals surface area contributed by atoms with Crippen molar-refractivity contribution < 1.29 is 74.8 Å². The summed E-state index contributed by atoms with van der Waals surface area (Å²) in [4.78, 5) is 10.8. The monoisotopic (exact) mass is 488 g/mol. The van der Waals surface area contributed by atoms with Crippen molar-refractivity contribution in [3.05, 3.63) is 0 Å². The fourth-order valence-electron chi connectivity index (χ4n) is 3.52. The minimum atomic E-state index is -2.08. The molecule has 2 aliphatic heterocycles. The van der Waals surface area contributed by atoms with Gasteiger partial charge in [0, 0.05) is 0 Å². The molecule has 0 aliphatic carbocycles. The number of carbonyl (C=O) groups is 1. The summed E-state index contributed by atoms with van der Waals surface area (Å²) < 4.78 is 21.5. The zero-order valence-corrected chi connectivity index (χ0v) is 17.6. The van der Waals surface area contributed by atoms with E-state index in [2.05, 4.69) is 0 Å². The third-order valence-electron chi connectivity index (χ3n) is 5.61. The maximum Gasteiger partial charge on any atom is 0.187 e. The van der Waals surface area contributed by atoms with Crippen LogP contribution in [0.1, 0.15) is 6.92 Å². The van der Waals surface area contributed by atoms with Crippen LogP contribution in [0.4, 0.5) is 0 Å². The highest BCUT2D eigenvalue weighted by molar-refractivity contribution is 5.56. The van der Waals surface area contributed by atoms with Crippen molar-refractivity contribution in [2.75, 3.05) is 13.2 Å². The molecule has 2 fully saturated rings. The predicted octanol–water partition coefficient (Wildman–Crippen LogP) is -6.70. The molecule has 0 amide bonds. The third kappa shape index (κ3) is 6.22. The zero-order valence-electron chi connectivity index (χ0n) is 17.6. The highest BCUT2D eigenvalue weighted by atomic mass is 16.8. The molecule has 0 spiro atoms. The van der Waals surface area contributed by atoms with Crippen LogP contribution < -0.4 is 0 Å². The summed E-state index contributed by atoms with van der Waals surface area (Å²) in [5.74, 6) is 0. The van der Waals surface area contributed by atoms with Crippen LogP contribution in [0.25, 0.3) is 0 Å². The lowest BCUT2D eigenvalue weighted by molar-refractivity contribution is -0.375. The Labute approximate surface area is 187 Å². The van der Waals surface area contributed by atoms with E-state index in [1.807, 2.05) is 0 Å². The van der Waals surface area contributed by atoms with Gasteiger partial charge in [-0.15, -0.1) is 0 Å². The molecule has 14 atom stereocenters. The Morgan fingerprint density at radius 3 is 2.06 bits per heavy atom. The van der Waals surface area contributed by atoms with Crippen molar-refractivity contribution >= 4 is 6.29 Å². The first kappa shape index (κ1) is 28.3. The lowest BCUT2D eigenvalue weighted by atomic mass is 9.97. The second-order valence-electron chi connectivity index (χ2n) is 7.96. The SMILES string of the molecule is C[C@@H]1O[C@H](O[C@H]2[C@H](O[C@@H]([C@H](O)[C@@H](O)C=O)[C@H](O)CO)O[C@H](CO)[C@H](O)[C@@H]2O)[C@@H](O)[C@H](O)[C@@H]1O. The predicted molar refractivity (Wildman–Crippen MR) is 101 cm³/mol. The Bertz CT molecular complexity index is 609. The summed E-state index contributed by atoms with van der Waals surface area (Å²) in [5, 5.41) is 99.1. The molecule has 0 bridgehead atoms. The number of carbonyl (C=O) groups excluding carboxylic acids is 1. The molecule has 194 valence electrons. The van der Waals surface area contributed by atoms with Crippen molar-refractivity contribution in [1.82, 2.24) is 0 Å². The van der Waals surface area contributed by atoms with Gasteiger partial charge in [-0.3, -0.25) is 0 Å². The van der Waals surface area contributed by atoms with E-state index >= 15 is 0 Å². The van der Waals surface area contributed by atoms with Crippen LogP contribution in [0.5, 0.6) is 0 Å². The summed E-state index contributed by atoms with van der Waals surface area (Å²) in [6.07, 6.45) is -24.3. The highest BCUT2D eigenvalue weighted by Gasteiger charge is 2.51. The molecule has 0 saturated carbocycles. The Hall–Kier alpha value is -0.890. The number of hydrogen-bond donors (Lipinski definition) is 10. The van der Waals surface area contributed by atoms with Gasteiger partial charge in [0.1, 0.15) is 67.1 Å². The Kier molecular flexibility index (Phi) is 10.5. The first-order valence-corrected chi connectivity index (χ1v) is 10.2. The van der Waals surface area contributed by atoms with E-state index in [1.54, 1.807) is 0 Å². The number of rotatable bonds is 10. The van der Waals surface area contributed by atoms with Crippen LogP contribution in [-0.2, 0) is 23.7 Å². The van der Waals surface area contributed by atoms with Crippen molar-refractivity contribution in [1.29, 1.82) is 0 Å². The first-order chi connectivity index (χ1) is 15.5. The summed E-state index contributed by atoms with van der Waals surface area (Å²) >= 11 is 0. The van der Waals surface area contributed by atoms with Crippen LogP contribution in [0.3, 0.4) is 0 Å². The molecule has 0 aromatic heterocycles. The van der Waals surface area contributed by atoms with E-state index in [0.29, 0.717) is 0 Å². The third-order valence-corrected chi connectivity index (χ3v) is 5.61. The number of aliphatic hydroxyl groups excluding tert-OH is 10. The number of aldehydes is 1. The molecule has 2 heterocycles. The smallest absolute Gasteiger partial charge is 0.187 e. The summed E-state index contributed by atoms with van der Waals surface area (Å²) in [7, 11) is 0. The van der Waals surface area contributed by atoms with E-state index < -0.39 is 99.0 Å². The van der Waals surface area contributed by atoms with Crippen LogP contribution in [0.2, 0.25) is 0 Å². The van der Waals surface area contributed by atoms with Gasteiger partial charge in [0.2, 0.25) is 0 Å². The Balaban J connectivity index is 2.31. The summed E-state index contributed by atoms with van der Waals surface area (Å²) in [6.45, 7) is -0.451. The van der Waals surface area contributed by atoms with Crippen LogP contribution in [0.15, 0.2) is 0 Å². The van der Waals surface area contributed by atoms with Gasteiger partial charge in [-0.1, -0.05) is 0 Å². The molecule has 15 heteroatoms. The van der Waals surface area contributed by atoms with Crippen LogP contribution in [-0.4, -0.2) is 156 Å². The van der Waals surface area contributed by atoms with Gasteiger partial charge in [-0.05, 0) is 6.92 Å². The Morgan fingerprint density at radius 1 is 0.879 bits per heavy atom. The molecule has 2 rings (SSSR count). The van der Waals surface area contributed by atoms with Crippen molar-refractivity contribution in [2.45, 2.75) is 92.8 Å². The molecule has 2 saturated heterocycles. The molecule has 0 unspecified atom stereocenters. The second kappa shape index (κ2) is 12.2. The average Bonchev–Trinajstić information content (AvgIpc) is 2.81. The fraction of sp³-hybridized carbons (Fsp3) is 0.944. The van der Waals surface area contributed by atoms with Gasteiger partial charge in [-0.2, -0.15) is 0 Å². The van der Waals surface area contributed by atoms with Gasteiger partial charge >= 0.3 is 0 Å². The first-order valence-electron chi connectivity index (χ1n) is 10.2. The molecular weight excluding hydrogens is 456 g/mol. The molecule has 0 aromatic rings. The lowest BCUT2D eigenvalue weighted by Crippen LogP contribution is -2.65. The number of ether oxygens (including phenoxy) is 4. The molecule has 33 heavy (non-hydrogen) atoms. The topological polar surface area (TPSA) is 256 Å². The van der Waals surface area contributed by atoms with Gasteiger partial charge in [-0.25, -0.2) is 0 Å². The maximum absolute atomic E-state index is 10.8. The number of aliphatic hydroxyl groups is 10. The van der Waals surface area contributed by atoms with Gasteiger partial charge in [0.05, 0.1) is 19.3 Å². The normalized spacial score (nSPS) is 43.5. The van der Waals surface area contributed by atoms with Gasteiger partial charge in [0.15, 0.2) is 18.9 Å². The molecule has 10 N–H and O–H groups in total. The molecular formula is C18H32O15. The lowest BCUT2D eigenvalue weighted by Gasteiger charge is -2.46. The van der Waals surface area contributed by atoms with Crippen molar-refractivity contribution in [3.63, 3.8) is 0 Å². The number of hydrogen-bond acceptors (Lipinski definition) is 15. The minimum Gasteiger partial charge on any atom is -0.394 e. The second-order valence-corrected chi connectivity index (χ2v) is 7.96. The maximum atomic E-state index is 10.8. The molecule has 15 nitrogen and oxygen atoms in total. The van der Waals surface area contributed by atoms with Crippen LogP contribution >= 0.6 is 0 Å². The summed E-state index contributed by atoms with van der Waals surface area (Å²) in [6, 6.07) is 0. The van der Waals surface area contributed by atoms with Crippen molar-refractivity contribution in [3.8, 4) is 0 Å². The van der Waals surface area contributed by atoms with E-state index in [0.717, 1.165) is 0 Å². The fourth-order valence-corrected chi connectivity index (χ4v) is 3.52.